The molecule has 1 fully saturated rings. The predicted molar refractivity (Wildman–Crippen MR) is 51.6 cm³/mol. The van der Waals surface area contributed by atoms with Gasteiger partial charge in [0, 0.05) is 25.0 Å². The zero-order valence-electron chi connectivity index (χ0n) is 7.59. The highest BCUT2D eigenvalue weighted by Gasteiger charge is 2.19. The zero-order valence-corrected chi connectivity index (χ0v) is 8.41. The van der Waals surface area contributed by atoms with Gasteiger partial charge in [-0.05, 0) is 6.42 Å². The third kappa shape index (κ3) is 3.93. The molecule has 0 radical (unpaired) electrons. The molecule has 1 atom stereocenters. The Balaban J connectivity index is 0.00000121. The van der Waals surface area contributed by atoms with Crippen molar-refractivity contribution in [1.82, 2.24) is 10.6 Å². The van der Waals surface area contributed by atoms with Crippen LogP contribution in [0.5, 0.6) is 0 Å². The number of nitrogens with one attached hydrogen (secondary N) is 2. The fourth-order valence-corrected chi connectivity index (χ4v) is 1.21. The topological polar surface area (TPSA) is 41.1 Å². The van der Waals surface area contributed by atoms with E-state index in [4.69, 9.17) is 0 Å². The highest BCUT2D eigenvalue weighted by atomic mass is 35.5. The summed E-state index contributed by atoms with van der Waals surface area (Å²) in [5.74, 6) is 0.195. The lowest BCUT2D eigenvalue weighted by molar-refractivity contribution is -0.119. The molecule has 1 aliphatic rings. The standard InChI is InChI=1S/C8H16N2O.ClH/c1-6(2)9-5-7-3-4-8(11)10-7;/h6-7,9H,3-5H2,1-2H3,(H,10,11);1H/t7-;/m0./s1. The third-order valence-electron chi connectivity index (χ3n) is 1.86. The van der Waals surface area contributed by atoms with E-state index in [1.807, 2.05) is 0 Å². The molecule has 0 spiro atoms. The Hall–Kier alpha value is -0.280. The fraction of sp³-hybridized carbons (Fsp3) is 0.875. The second kappa shape index (κ2) is 5.38. The normalized spacial score (nSPS) is 22.2. The lowest BCUT2D eigenvalue weighted by Crippen LogP contribution is -2.38. The van der Waals surface area contributed by atoms with Gasteiger partial charge < -0.3 is 10.6 Å². The maximum Gasteiger partial charge on any atom is 0.220 e. The molecule has 1 heterocycles. The molecule has 1 rings (SSSR count). The van der Waals surface area contributed by atoms with Crippen LogP contribution in [0.2, 0.25) is 0 Å². The van der Waals surface area contributed by atoms with E-state index in [0.717, 1.165) is 13.0 Å². The highest BCUT2D eigenvalue weighted by Crippen LogP contribution is 2.04. The van der Waals surface area contributed by atoms with E-state index in [9.17, 15) is 4.79 Å². The number of hydrogen-bond acceptors (Lipinski definition) is 2. The monoisotopic (exact) mass is 192 g/mol. The van der Waals surface area contributed by atoms with Crippen molar-refractivity contribution in [1.29, 1.82) is 0 Å². The molecule has 0 aromatic heterocycles. The van der Waals surface area contributed by atoms with Crippen LogP contribution in [0.3, 0.4) is 0 Å². The molecule has 2 N–H and O–H groups in total. The van der Waals surface area contributed by atoms with Gasteiger partial charge in [-0.2, -0.15) is 0 Å². The molecule has 72 valence electrons. The average molecular weight is 193 g/mol. The number of hydrogen-bond donors (Lipinski definition) is 2. The van der Waals surface area contributed by atoms with Gasteiger partial charge in [-0.1, -0.05) is 13.8 Å². The fourth-order valence-electron chi connectivity index (χ4n) is 1.21. The molecule has 12 heavy (non-hydrogen) atoms. The number of carbonyl (C=O) groups is 1. The third-order valence-corrected chi connectivity index (χ3v) is 1.86. The molecule has 0 bridgehead atoms. The number of halogens is 1. The van der Waals surface area contributed by atoms with Crippen LogP contribution in [0.4, 0.5) is 0 Å². The van der Waals surface area contributed by atoms with Gasteiger partial charge in [-0.3, -0.25) is 4.79 Å². The molecular formula is C8H17ClN2O. The van der Waals surface area contributed by atoms with Gasteiger partial charge in [0.15, 0.2) is 0 Å². The SMILES string of the molecule is CC(C)NC[C@@H]1CCC(=O)N1.Cl. The molecule has 0 aromatic carbocycles. The minimum atomic E-state index is 0. The summed E-state index contributed by atoms with van der Waals surface area (Å²) in [7, 11) is 0. The number of carbonyl (C=O) groups excluding carboxylic acids is 1. The smallest absolute Gasteiger partial charge is 0.220 e. The first-order valence-electron chi connectivity index (χ1n) is 4.21. The van der Waals surface area contributed by atoms with Gasteiger partial charge in [0.25, 0.3) is 0 Å². The molecule has 3 nitrogen and oxygen atoms in total. The van der Waals surface area contributed by atoms with Crippen molar-refractivity contribution in [2.75, 3.05) is 6.54 Å². The quantitative estimate of drug-likeness (QED) is 0.691. The Kier molecular flexibility index (Phi) is 5.25. The summed E-state index contributed by atoms with van der Waals surface area (Å²) in [6.07, 6.45) is 1.68. The van der Waals surface area contributed by atoms with Crippen LogP contribution in [0.15, 0.2) is 0 Å². The van der Waals surface area contributed by atoms with Gasteiger partial charge in [0.2, 0.25) is 5.91 Å². The number of amides is 1. The van der Waals surface area contributed by atoms with Crippen molar-refractivity contribution < 1.29 is 4.79 Å². The summed E-state index contributed by atoms with van der Waals surface area (Å²) in [5, 5.41) is 6.20. The van der Waals surface area contributed by atoms with Crippen molar-refractivity contribution in [2.24, 2.45) is 0 Å². The first-order valence-corrected chi connectivity index (χ1v) is 4.21. The molecule has 4 heteroatoms. The lowest BCUT2D eigenvalue weighted by Gasteiger charge is -2.13. The van der Waals surface area contributed by atoms with Crippen molar-refractivity contribution in [2.45, 2.75) is 38.8 Å². The van der Waals surface area contributed by atoms with E-state index in [1.54, 1.807) is 0 Å². The van der Waals surface area contributed by atoms with Crippen molar-refractivity contribution in [3.8, 4) is 0 Å². The largest absolute Gasteiger partial charge is 0.352 e. The molecule has 0 saturated carbocycles. The highest BCUT2D eigenvalue weighted by molar-refractivity contribution is 5.85. The first-order chi connectivity index (χ1) is 5.18. The molecule has 0 aromatic rings. The second-order valence-electron chi connectivity index (χ2n) is 3.37. The van der Waals surface area contributed by atoms with E-state index in [2.05, 4.69) is 24.5 Å². The van der Waals surface area contributed by atoms with Gasteiger partial charge in [-0.25, -0.2) is 0 Å². The Morgan fingerprint density at radius 2 is 2.33 bits per heavy atom. The Labute approximate surface area is 79.7 Å². The maximum absolute atomic E-state index is 10.8. The van der Waals surface area contributed by atoms with Gasteiger partial charge in [-0.15, -0.1) is 12.4 Å². The molecule has 1 amide bonds. The van der Waals surface area contributed by atoms with Crippen molar-refractivity contribution in [3.05, 3.63) is 0 Å². The Bertz CT molecular complexity index is 150. The summed E-state index contributed by atoms with van der Waals surface area (Å²) in [6, 6.07) is 0.873. The van der Waals surface area contributed by atoms with Gasteiger partial charge in [0.05, 0.1) is 0 Å². The van der Waals surface area contributed by atoms with Crippen molar-refractivity contribution >= 4 is 18.3 Å². The van der Waals surface area contributed by atoms with Gasteiger partial charge in [0.1, 0.15) is 0 Å². The molecule has 0 aliphatic carbocycles. The number of rotatable bonds is 3. The van der Waals surface area contributed by atoms with Crippen LogP contribution in [-0.2, 0) is 4.79 Å². The van der Waals surface area contributed by atoms with Crippen LogP contribution in [-0.4, -0.2) is 24.5 Å². The maximum atomic E-state index is 10.8. The van der Waals surface area contributed by atoms with Crippen LogP contribution in [0, 0.1) is 0 Å². The summed E-state index contributed by atoms with van der Waals surface area (Å²) in [6.45, 7) is 5.12. The lowest BCUT2D eigenvalue weighted by atomic mass is 10.2. The van der Waals surface area contributed by atoms with Crippen LogP contribution < -0.4 is 10.6 Å². The second-order valence-corrected chi connectivity index (χ2v) is 3.37. The molecule has 1 saturated heterocycles. The molecule has 1 aliphatic heterocycles. The van der Waals surface area contributed by atoms with Crippen LogP contribution in [0.25, 0.3) is 0 Å². The summed E-state index contributed by atoms with van der Waals surface area (Å²) in [5.41, 5.74) is 0. The van der Waals surface area contributed by atoms with E-state index in [-0.39, 0.29) is 18.3 Å². The Morgan fingerprint density at radius 3 is 2.75 bits per heavy atom. The minimum absolute atomic E-state index is 0. The summed E-state index contributed by atoms with van der Waals surface area (Å²) in [4.78, 5) is 10.8. The van der Waals surface area contributed by atoms with Crippen LogP contribution in [0.1, 0.15) is 26.7 Å². The average Bonchev–Trinajstić information content (AvgIpc) is 2.31. The van der Waals surface area contributed by atoms with E-state index in [0.29, 0.717) is 18.5 Å². The summed E-state index contributed by atoms with van der Waals surface area (Å²) >= 11 is 0. The van der Waals surface area contributed by atoms with Crippen molar-refractivity contribution in [3.63, 3.8) is 0 Å². The van der Waals surface area contributed by atoms with E-state index >= 15 is 0 Å². The molecular weight excluding hydrogens is 176 g/mol. The summed E-state index contributed by atoms with van der Waals surface area (Å²) < 4.78 is 0. The molecule has 0 unspecified atom stereocenters. The van der Waals surface area contributed by atoms with Crippen LogP contribution >= 0.6 is 12.4 Å². The predicted octanol–water partition coefficient (Wildman–Crippen LogP) is 0.685. The van der Waals surface area contributed by atoms with E-state index < -0.39 is 0 Å². The Morgan fingerprint density at radius 1 is 1.67 bits per heavy atom. The minimum Gasteiger partial charge on any atom is -0.352 e. The van der Waals surface area contributed by atoms with E-state index in [1.165, 1.54) is 0 Å². The zero-order chi connectivity index (χ0) is 8.27. The van der Waals surface area contributed by atoms with Gasteiger partial charge >= 0.3 is 0 Å². The first kappa shape index (κ1) is 11.7.